The normalized spacial score (nSPS) is 20.5. The van der Waals surface area contributed by atoms with Gasteiger partial charge in [-0.3, -0.25) is 0 Å². The standard InChI is InChI=1S/C11H10O/c1-2-6-10(7-3-1)11-8-4-5-9-12-11/h1-9,11H/t11-/m1/s1. The summed E-state index contributed by atoms with van der Waals surface area (Å²) in [5, 5.41) is 0. The fourth-order valence-corrected chi connectivity index (χ4v) is 1.22. The van der Waals surface area contributed by atoms with E-state index in [1.807, 2.05) is 36.4 Å². The molecule has 1 aliphatic rings. The molecule has 0 fully saturated rings. The molecule has 0 aromatic heterocycles. The molecule has 1 aromatic carbocycles. The van der Waals surface area contributed by atoms with Crippen LogP contribution in [0.2, 0.25) is 0 Å². The molecule has 1 aliphatic heterocycles. The average Bonchev–Trinajstić information content (AvgIpc) is 2.21. The molecule has 2 rings (SSSR count). The van der Waals surface area contributed by atoms with Gasteiger partial charge in [-0.2, -0.15) is 0 Å². The van der Waals surface area contributed by atoms with Crippen molar-refractivity contribution in [3.05, 3.63) is 60.4 Å². The van der Waals surface area contributed by atoms with Crippen LogP contribution < -0.4 is 0 Å². The minimum absolute atomic E-state index is 0.0937. The van der Waals surface area contributed by atoms with Crippen molar-refractivity contribution < 1.29 is 4.74 Å². The van der Waals surface area contributed by atoms with Crippen molar-refractivity contribution >= 4 is 0 Å². The second kappa shape index (κ2) is 3.26. The molecule has 1 atom stereocenters. The first-order chi connectivity index (χ1) is 5.97. The van der Waals surface area contributed by atoms with E-state index < -0.39 is 0 Å². The third kappa shape index (κ3) is 1.40. The maximum absolute atomic E-state index is 5.40. The summed E-state index contributed by atoms with van der Waals surface area (Å²) in [6, 6.07) is 10.2. The predicted molar refractivity (Wildman–Crippen MR) is 48.5 cm³/mol. The molecule has 60 valence electrons. The van der Waals surface area contributed by atoms with Gasteiger partial charge in [0.25, 0.3) is 0 Å². The summed E-state index contributed by atoms with van der Waals surface area (Å²) in [6.45, 7) is 0. The second-order valence-electron chi connectivity index (χ2n) is 2.68. The summed E-state index contributed by atoms with van der Waals surface area (Å²) in [7, 11) is 0. The number of hydrogen-bond donors (Lipinski definition) is 0. The van der Waals surface area contributed by atoms with E-state index in [4.69, 9.17) is 4.74 Å². The molecule has 0 spiro atoms. The Bertz CT molecular complexity index is 298. The van der Waals surface area contributed by atoms with Gasteiger partial charge in [-0.1, -0.05) is 36.4 Å². The number of allylic oxidation sites excluding steroid dienone is 2. The van der Waals surface area contributed by atoms with Crippen LogP contribution in [0.4, 0.5) is 0 Å². The van der Waals surface area contributed by atoms with E-state index >= 15 is 0 Å². The van der Waals surface area contributed by atoms with Gasteiger partial charge in [0.1, 0.15) is 6.10 Å². The fraction of sp³-hybridized carbons (Fsp3) is 0.0909. The van der Waals surface area contributed by atoms with Gasteiger partial charge >= 0.3 is 0 Å². The molecule has 1 aromatic rings. The maximum atomic E-state index is 5.40. The highest BCUT2D eigenvalue weighted by molar-refractivity contribution is 5.24. The van der Waals surface area contributed by atoms with Crippen LogP contribution in [0.3, 0.4) is 0 Å². The molecule has 0 amide bonds. The van der Waals surface area contributed by atoms with Gasteiger partial charge in [0.2, 0.25) is 0 Å². The van der Waals surface area contributed by atoms with Crippen molar-refractivity contribution in [1.82, 2.24) is 0 Å². The predicted octanol–water partition coefficient (Wildman–Crippen LogP) is 2.83. The average molecular weight is 158 g/mol. The molecule has 1 heteroatoms. The zero-order valence-corrected chi connectivity index (χ0v) is 6.68. The van der Waals surface area contributed by atoms with Gasteiger partial charge in [0.15, 0.2) is 0 Å². The Morgan fingerprint density at radius 1 is 1.00 bits per heavy atom. The third-order valence-corrected chi connectivity index (χ3v) is 1.83. The molecule has 1 heterocycles. The quantitative estimate of drug-likeness (QED) is 0.610. The Hall–Kier alpha value is -1.50. The van der Waals surface area contributed by atoms with Crippen LogP contribution in [0, 0.1) is 0 Å². The van der Waals surface area contributed by atoms with E-state index in [-0.39, 0.29) is 6.10 Å². The third-order valence-electron chi connectivity index (χ3n) is 1.83. The largest absolute Gasteiger partial charge is 0.489 e. The smallest absolute Gasteiger partial charge is 0.141 e. The van der Waals surface area contributed by atoms with Crippen molar-refractivity contribution in [3.63, 3.8) is 0 Å². The molecule has 0 aliphatic carbocycles. The van der Waals surface area contributed by atoms with Gasteiger partial charge in [-0.15, -0.1) is 0 Å². The van der Waals surface area contributed by atoms with Crippen LogP contribution in [0.25, 0.3) is 0 Å². The lowest BCUT2D eigenvalue weighted by molar-refractivity contribution is 0.186. The molecule has 0 N–H and O–H groups in total. The zero-order chi connectivity index (χ0) is 8.23. The van der Waals surface area contributed by atoms with Gasteiger partial charge in [0.05, 0.1) is 6.26 Å². The van der Waals surface area contributed by atoms with Crippen molar-refractivity contribution in [3.8, 4) is 0 Å². The van der Waals surface area contributed by atoms with Crippen molar-refractivity contribution in [2.24, 2.45) is 0 Å². The van der Waals surface area contributed by atoms with Crippen LogP contribution in [0.1, 0.15) is 11.7 Å². The monoisotopic (exact) mass is 158 g/mol. The maximum Gasteiger partial charge on any atom is 0.141 e. The topological polar surface area (TPSA) is 9.23 Å². The summed E-state index contributed by atoms with van der Waals surface area (Å²) in [5.41, 5.74) is 1.19. The molecule has 12 heavy (non-hydrogen) atoms. The van der Waals surface area contributed by atoms with Gasteiger partial charge in [0, 0.05) is 0 Å². The minimum atomic E-state index is 0.0937. The van der Waals surface area contributed by atoms with E-state index in [0.29, 0.717) is 0 Å². The first kappa shape index (κ1) is 7.17. The first-order valence-corrected chi connectivity index (χ1v) is 4.00. The van der Waals surface area contributed by atoms with Crippen LogP contribution in [-0.2, 0) is 4.74 Å². The summed E-state index contributed by atoms with van der Waals surface area (Å²) in [5.74, 6) is 0. The number of rotatable bonds is 1. The summed E-state index contributed by atoms with van der Waals surface area (Å²) >= 11 is 0. The molecule has 1 nitrogen and oxygen atoms in total. The van der Waals surface area contributed by atoms with E-state index in [1.165, 1.54) is 5.56 Å². The Kier molecular flexibility index (Phi) is 1.95. The second-order valence-corrected chi connectivity index (χ2v) is 2.68. The van der Waals surface area contributed by atoms with E-state index in [9.17, 15) is 0 Å². The SMILES string of the molecule is C1=CO[C@@H](c2ccccc2)C=C1. The number of ether oxygens (including phenoxy) is 1. The molecule has 0 unspecified atom stereocenters. The van der Waals surface area contributed by atoms with E-state index in [2.05, 4.69) is 12.1 Å². The van der Waals surface area contributed by atoms with Crippen molar-refractivity contribution in [1.29, 1.82) is 0 Å². The van der Waals surface area contributed by atoms with Crippen LogP contribution >= 0.6 is 0 Å². The lowest BCUT2D eigenvalue weighted by Crippen LogP contribution is -1.98. The molecular weight excluding hydrogens is 148 g/mol. The van der Waals surface area contributed by atoms with Crippen molar-refractivity contribution in [2.75, 3.05) is 0 Å². The minimum Gasteiger partial charge on any atom is -0.489 e. The van der Waals surface area contributed by atoms with E-state index in [0.717, 1.165) is 0 Å². The molecule has 0 saturated heterocycles. The van der Waals surface area contributed by atoms with Crippen molar-refractivity contribution in [2.45, 2.75) is 6.10 Å². The molecule has 0 saturated carbocycles. The number of benzene rings is 1. The fourth-order valence-electron chi connectivity index (χ4n) is 1.22. The molecular formula is C11H10O. The van der Waals surface area contributed by atoms with Gasteiger partial charge < -0.3 is 4.74 Å². The number of hydrogen-bond acceptors (Lipinski definition) is 1. The van der Waals surface area contributed by atoms with Crippen LogP contribution in [0.15, 0.2) is 54.8 Å². The lowest BCUT2D eigenvalue weighted by Gasteiger charge is -2.14. The zero-order valence-electron chi connectivity index (χ0n) is 6.68. The highest BCUT2D eigenvalue weighted by atomic mass is 16.5. The Balaban J connectivity index is 2.21. The Morgan fingerprint density at radius 3 is 2.50 bits per heavy atom. The van der Waals surface area contributed by atoms with Crippen LogP contribution in [0.5, 0.6) is 0 Å². The first-order valence-electron chi connectivity index (χ1n) is 4.00. The molecule has 0 radical (unpaired) electrons. The molecule has 0 bridgehead atoms. The lowest BCUT2D eigenvalue weighted by atomic mass is 10.1. The summed E-state index contributed by atoms with van der Waals surface area (Å²) in [6.07, 6.45) is 7.74. The Labute approximate surface area is 72.0 Å². The summed E-state index contributed by atoms with van der Waals surface area (Å²) < 4.78 is 5.40. The van der Waals surface area contributed by atoms with Crippen LogP contribution in [-0.4, -0.2) is 0 Å². The highest BCUT2D eigenvalue weighted by Crippen LogP contribution is 2.20. The Morgan fingerprint density at radius 2 is 1.83 bits per heavy atom. The summed E-state index contributed by atoms with van der Waals surface area (Å²) in [4.78, 5) is 0. The van der Waals surface area contributed by atoms with Gasteiger partial charge in [-0.25, -0.2) is 0 Å². The van der Waals surface area contributed by atoms with Gasteiger partial charge in [-0.05, 0) is 17.7 Å². The highest BCUT2D eigenvalue weighted by Gasteiger charge is 2.07. The van der Waals surface area contributed by atoms with E-state index in [1.54, 1.807) is 6.26 Å².